The van der Waals surface area contributed by atoms with E-state index in [9.17, 15) is 0 Å². The zero-order valence-corrected chi connectivity index (χ0v) is 60.0. The van der Waals surface area contributed by atoms with Gasteiger partial charge in [0.25, 0.3) is 6.71 Å². The lowest BCUT2D eigenvalue weighted by molar-refractivity contribution is 0.590. The van der Waals surface area contributed by atoms with E-state index in [1.54, 1.807) is 0 Å². The van der Waals surface area contributed by atoms with E-state index >= 15 is 0 Å². The molecule has 0 radical (unpaired) electrons. The van der Waals surface area contributed by atoms with Gasteiger partial charge in [-0.1, -0.05) is 277 Å². The lowest BCUT2D eigenvalue weighted by atomic mass is 9.33. The fourth-order valence-corrected chi connectivity index (χ4v) is 18.7. The number of fused-ring (bicyclic) bond motifs is 22. The molecule has 13 aromatic rings. The van der Waals surface area contributed by atoms with Crippen molar-refractivity contribution in [3.05, 3.63) is 352 Å². The number of benzene rings is 13. The van der Waals surface area contributed by atoms with E-state index in [-0.39, 0.29) is 28.4 Å². The number of rotatable bonds is 4. The van der Waals surface area contributed by atoms with E-state index in [1.807, 2.05) is 0 Å². The van der Waals surface area contributed by atoms with Crippen molar-refractivity contribution in [3.63, 3.8) is 0 Å². The second-order valence-electron chi connectivity index (χ2n) is 33.3. The van der Waals surface area contributed by atoms with Crippen LogP contribution in [-0.2, 0) is 32.5 Å². The Bertz CT molecular complexity index is 5370. The Morgan fingerprint density at radius 1 is 0.218 bits per heavy atom. The van der Waals surface area contributed by atoms with Gasteiger partial charge in [-0.25, -0.2) is 0 Å². The van der Waals surface area contributed by atoms with Crippen molar-refractivity contribution < 1.29 is 0 Å². The first kappa shape index (κ1) is 61.2. The number of nitrogens with zero attached hydrogens (tertiary/aromatic N) is 4. The van der Waals surface area contributed by atoms with E-state index in [1.165, 1.54) is 140 Å². The van der Waals surface area contributed by atoms with E-state index in [0.717, 1.165) is 34.1 Å². The van der Waals surface area contributed by atoms with Gasteiger partial charge < -0.3 is 19.6 Å². The molecule has 0 amide bonds. The minimum absolute atomic E-state index is 0.0297. The molecule has 0 aromatic heterocycles. The standard InChI is InChI=1S/C96H83BN4/c1-91(2,3)60-42-48-65(49-43-60)99-86-52-46-62(93(7,8)9)54-80(86)97-81-55-63(94(10,11)12)47-53-87(81)100(66-50-44-61(45-51-66)92(4,5)6)89-57-67(56-88(99)90(89)97)101-84-40-26-22-36-76(84)96(77-37-23-27-41-85(77)101)73-33-19-17-31-69(73)71-58-70-68-30-16-18-32-72(68)95(78(70)59-79(71)96)74-34-20-24-38-82(74)98(64-28-14-13-15-29-64)83-39-25-21-35-75(83)95/h13-59H,1-12H3. The Balaban J connectivity index is 0.893. The van der Waals surface area contributed by atoms with E-state index in [2.05, 4.69) is 388 Å². The summed E-state index contributed by atoms with van der Waals surface area (Å²) in [5.41, 5.74) is 37.0. The molecule has 0 fully saturated rings. The third-order valence-corrected chi connectivity index (χ3v) is 23.4. The maximum Gasteiger partial charge on any atom is 0.252 e. The van der Waals surface area contributed by atoms with E-state index in [0.29, 0.717) is 0 Å². The summed E-state index contributed by atoms with van der Waals surface area (Å²) in [6.07, 6.45) is 0. The molecule has 0 bridgehead atoms. The Kier molecular flexibility index (Phi) is 12.9. The predicted molar refractivity (Wildman–Crippen MR) is 426 cm³/mol. The molecule has 6 aliphatic rings. The van der Waals surface area contributed by atoms with Crippen LogP contribution >= 0.6 is 0 Å². The van der Waals surface area contributed by atoms with Crippen molar-refractivity contribution in [2.75, 3.05) is 19.6 Å². The predicted octanol–water partition coefficient (Wildman–Crippen LogP) is 23.3. The quantitative estimate of drug-likeness (QED) is 0.163. The SMILES string of the molecule is CC(C)(C)c1ccc(N2c3ccc(C(C)(C)C)cc3B3c4cc(C(C)(C)C)ccc4N(c4ccc(C(C)(C)C)cc4)c4cc(N5c6ccccc6C6(c7ccccc7-c7cc8c(cc76)C6(c7ccccc7-8)c7ccccc7N(c7ccccc7)c7ccccc76)c6ccccc65)cc2c43)cc1. The van der Waals surface area contributed by atoms with Crippen molar-refractivity contribution in [2.24, 2.45) is 0 Å². The van der Waals surface area contributed by atoms with Crippen LogP contribution in [0.1, 0.15) is 150 Å². The third-order valence-electron chi connectivity index (χ3n) is 23.4. The molecule has 101 heavy (non-hydrogen) atoms. The van der Waals surface area contributed by atoms with Crippen LogP contribution in [0.3, 0.4) is 0 Å². The summed E-state index contributed by atoms with van der Waals surface area (Å²) in [4.78, 5) is 10.4. The molecule has 13 aromatic carbocycles. The molecule has 0 N–H and O–H groups in total. The number of hydrogen-bond donors (Lipinski definition) is 0. The first-order valence-corrected chi connectivity index (χ1v) is 36.4. The van der Waals surface area contributed by atoms with Crippen LogP contribution < -0.4 is 36.0 Å². The van der Waals surface area contributed by atoms with Crippen molar-refractivity contribution in [1.82, 2.24) is 0 Å². The Morgan fingerprint density at radius 2 is 0.525 bits per heavy atom. The number of hydrogen-bond acceptors (Lipinski definition) is 4. The molecule has 490 valence electrons. The molecule has 2 aliphatic carbocycles. The van der Waals surface area contributed by atoms with Gasteiger partial charge in [0.1, 0.15) is 0 Å². The van der Waals surface area contributed by atoms with Gasteiger partial charge in [-0.05, 0) is 218 Å². The zero-order valence-electron chi connectivity index (χ0n) is 60.0. The van der Waals surface area contributed by atoms with Gasteiger partial charge in [0, 0.05) is 39.8 Å². The van der Waals surface area contributed by atoms with Crippen LogP contribution in [0.25, 0.3) is 22.3 Å². The first-order chi connectivity index (χ1) is 48.6. The molecule has 5 heteroatoms. The van der Waals surface area contributed by atoms with Crippen molar-refractivity contribution in [3.8, 4) is 22.3 Å². The minimum Gasteiger partial charge on any atom is -0.311 e. The van der Waals surface area contributed by atoms with Gasteiger partial charge in [0.15, 0.2) is 0 Å². The van der Waals surface area contributed by atoms with Crippen LogP contribution in [0.4, 0.5) is 68.2 Å². The normalized spacial score (nSPS) is 15.2. The summed E-state index contributed by atoms with van der Waals surface area (Å²) in [6, 6.07) is 111. The zero-order chi connectivity index (χ0) is 69.0. The summed E-state index contributed by atoms with van der Waals surface area (Å²) in [5, 5.41) is 0. The molecule has 2 spiro atoms. The second kappa shape index (κ2) is 21.3. The lowest BCUT2D eigenvalue weighted by Gasteiger charge is -2.48. The molecule has 4 aliphatic heterocycles. The van der Waals surface area contributed by atoms with Gasteiger partial charge in [-0.3, -0.25) is 0 Å². The van der Waals surface area contributed by atoms with E-state index in [4.69, 9.17) is 0 Å². The van der Waals surface area contributed by atoms with Gasteiger partial charge >= 0.3 is 0 Å². The van der Waals surface area contributed by atoms with Gasteiger partial charge in [-0.15, -0.1) is 0 Å². The van der Waals surface area contributed by atoms with Crippen molar-refractivity contribution in [2.45, 2.75) is 116 Å². The van der Waals surface area contributed by atoms with Crippen LogP contribution in [0.15, 0.2) is 285 Å². The first-order valence-electron chi connectivity index (χ1n) is 36.4. The highest BCUT2D eigenvalue weighted by molar-refractivity contribution is 7.00. The molecular formula is C96H83BN4. The maximum atomic E-state index is 2.69. The monoisotopic (exact) mass is 1300 g/mol. The summed E-state index contributed by atoms with van der Waals surface area (Å²) >= 11 is 0. The van der Waals surface area contributed by atoms with Gasteiger partial charge in [0.2, 0.25) is 0 Å². The fraction of sp³-hybridized carbons (Fsp3) is 0.188. The molecule has 19 rings (SSSR count). The minimum atomic E-state index is -0.743. The Labute approximate surface area is 597 Å². The Morgan fingerprint density at radius 3 is 0.901 bits per heavy atom. The smallest absolute Gasteiger partial charge is 0.252 e. The molecular weight excluding hydrogens is 1220 g/mol. The van der Waals surface area contributed by atoms with Crippen molar-refractivity contribution >= 4 is 91.3 Å². The summed E-state index contributed by atoms with van der Waals surface area (Å²) < 4.78 is 0. The van der Waals surface area contributed by atoms with Crippen LogP contribution in [0.5, 0.6) is 0 Å². The molecule has 0 saturated heterocycles. The van der Waals surface area contributed by atoms with Crippen LogP contribution in [0.2, 0.25) is 0 Å². The molecule has 4 nitrogen and oxygen atoms in total. The average molecular weight is 1300 g/mol. The largest absolute Gasteiger partial charge is 0.311 e. The summed E-state index contributed by atoms with van der Waals surface area (Å²) in [7, 11) is 0. The van der Waals surface area contributed by atoms with Crippen LogP contribution in [0, 0.1) is 0 Å². The molecule has 0 saturated carbocycles. The average Bonchev–Trinajstić information content (AvgIpc) is 1.54. The third kappa shape index (κ3) is 8.56. The summed E-state index contributed by atoms with van der Waals surface area (Å²) in [5.74, 6) is 0. The number of anilines is 12. The van der Waals surface area contributed by atoms with Gasteiger partial charge in [-0.2, -0.15) is 0 Å². The van der Waals surface area contributed by atoms with E-state index < -0.39 is 10.8 Å². The second-order valence-corrected chi connectivity index (χ2v) is 33.3. The lowest BCUT2D eigenvalue weighted by Crippen LogP contribution is -2.61. The topological polar surface area (TPSA) is 13.0 Å². The highest BCUT2D eigenvalue weighted by atomic mass is 15.2. The summed E-state index contributed by atoms with van der Waals surface area (Å²) in [6.45, 7) is 28.0. The molecule has 0 atom stereocenters. The van der Waals surface area contributed by atoms with Crippen LogP contribution in [-0.4, -0.2) is 6.71 Å². The highest BCUT2D eigenvalue weighted by Crippen LogP contribution is 2.69. The fourth-order valence-electron chi connectivity index (χ4n) is 18.7. The van der Waals surface area contributed by atoms with Gasteiger partial charge in [0.05, 0.1) is 39.3 Å². The van der Waals surface area contributed by atoms with Crippen molar-refractivity contribution in [1.29, 1.82) is 0 Å². The molecule has 4 heterocycles. The molecule has 0 unspecified atom stereocenters. The highest BCUT2D eigenvalue weighted by Gasteiger charge is 2.57. The number of para-hydroxylation sites is 5. The maximum absolute atomic E-state index is 2.69. The Hall–Kier alpha value is -10.9.